The number of benzene rings is 1. The molecule has 3 N–H and O–H groups in total. The largest absolute Gasteiger partial charge is 0.497 e. The summed E-state index contributed by atoms with van der Waals surface area (Å²) in [4.78, 5) is 9.65. The van der Waals surface area contributed by atoms with Gasteiger partial charge in [0.15, 0.2) is 11.0 Å². The predicted octanol–water partition coefficient (Wildman–Crippen LogP) is 3.60. The Bertz CT molecular complexity index is 1100. The van der Waals surface area contributed by atoms with E-state index >= 15 is 0 Å². The van der Waals surface area contributed by atoms with Gasteiger partial charge in [0.05, 0.1) is 18.4 Å². The van der Waals surface area contributed by atoms with Crippen molar-refractivity contribution in [2.45, 2.75) is 29.4 Å². The maximum Gasteiger partial charge on any atom is 0.264 e. The number of unbranched alkanes of at least 4 members (excludes halogenated alkanes) is 1. The summed E-state index contributed by atoms with van der Waals surface area (Å²) < 4.78 is 39.0. The van der Waals surface area contributed by atoms with Gasteiger partial charge < -0.3 is 15.0 Å². The number of aromatic nitrogens is 3. The molecule has 1 aromatic carbocycles. The molecule has 0 aliphatic heterocycles. The normalized spacial score (nSPS) is 11.8. The van der Waals surface area contributed by atoms with Crippen LogP contribution in [0.25, 0.3) is 11.0 Å². The molecule has 28 heavy (non-hydrogen) atoms. The van der Waals surface area contributed by atoms with Crippen molar-refractivity contribution in [3.05, 3.63) is 34.9 Å². The molecule has 0 radical (unpaired) electrons. The Morgan fingerprint density at radius 3 is 2.82 bits per heavy atom. The lowest BCUT2D eigenvalue weighted by atomic mass is 10.3. The number of nitrogens with zero attached hydrogens (tertiary/aromatic N) is 3. The molecule has 8 nitrogen and oxygen atoms in total. The summed E-state index contributed by atoms with van der Waals surface area (Å²) >= 11 is 4.98. The van der Waals surface area contributed by atoms with Gasteiger partial charge in [0, 0.05) is 22.1 Å². The van der Waals surface area contributed by atoms with E-state index in [1.165, 1.54) is 11.8 Å². The van der Waals surface area contributed by atoms with Crippen molar-refractivity contribution in [3.63, 3.8) is 0 Å². The number of nitrogens with two attached hydrogens (primary N) is 1. The fourth-order valence-corrected chi connectivity index (χ4v) is 4.72. The smallest absolute Gasteiger partial charge is 0.264 e. The minimum absolute atomic E-state index is 0.271. The van der Waals surface area contributed by atoms with Gasteiger partial charge in [0.1, 0.15) is 11.3 Å². The lowest BCUT2D eigenvalue weighted by Gasteiger charge is -2.10. The topological polar surface area (TPSA) is 120 Å². The molecule has 0 atom stereocenters. The number of methoxy groups -OCH3 is 1. The fourth-order valence-electron chi connectivity index (χ4n) is 2.69. The molecule has 0 bridgehead atoms. The van der Waals surface area contributed by atoms with Gasteiger partial charge in [-0.2, -0.15) is 8.42 Å². The fraction of sp³-hybridized carbons (Fsp3) is 0.294. The van der Waals surface area contributed by atoms with E-state index in [0.717, 1.165) is 20.6 Å². The van der Waals surface area contributed by atoms with E-state index in [-0.39, 0.29) is 5.75 Å². The van der Waals surface area contributed by atoms with Crippen LogP contribution in [0, 0.1) is 0 Å². The molecule has 0 spiro atoms. The van der Waals surface area contributed by atoms with Crippen molar-refractivity contribution < 1.29 is 17.7 Å². The van der Waals surface area contributed by atoms with Crippen LogP contribution in [-0.2, 0) is 16.7 Å². The average Bonchev–Trinajstić information content (AvgIpc) is 2.98. The van der Waals surface area contributed by atoms with Crippen LogP contribution in [0.15, 0.2) is 45.0 Å². The van der Waals surface area contributed by atoms with Crippen molar-refractivity contribution >= 4 is 54.7 Å². The van der Waals surface area contributed by atoms with Crippen LogP contribution in [0.5, 0.6) is 5.75 Å². The van der Waals surface area contributed by atoms with Crippen LogP contribution in [0.3, 0.4) is 0 Å². The summed E-state index contributed by atoms with van der Waals surface area (Å²) in [7, 11) is -2.36. The molecular formula is C17H19BrN4O4S2. The first kappa shape index (κ1) is 20.9. The number of hydrogen-bond donors (Lipinski definition) is 2. The number of pyridine rings is 1. The number of fused-ring (bicyclic) bond motifs is 1. The Morgan fingerprint density at radius 2 is 2.11 bits per heavy atom. The highest BCUT2D eigenvalue weighted by atomic mass is 79.9. The van der Waals surface area contributed by atoms with Gasteiger partial charge in [-0.1, -0.05) is 11.8 Å². The summed E-state index contributed by atoms with van der Waals surface area (Å²) in [6, 6.07) is 7.48. The SMILES string of the molecule is COc1ccc(Br)c(Sc2nc3c(N)nccc3n2CCCCS(=O)(=O)O)c1. The van der Waals surface area contributed by atoms with E-state index in [0.29, 0.717) is 35.9 Å². The first-order chi connectivity index (χ1) is 13.3. The van der Waals surface area contributed by atoms with E-state index in [9.17, 15) is 8.42 Å². The highest BCUT2D eigenvalue weighted by molar-refractivity contribution is 9.10. The quantitative estimate of drug-likeness (QED) is 0.365. The van der Waals surface area contributed by atoms with Gasteiger partial charge in [-0.15, -0.1) is 0 Å². The Balaban J connectivity index is 1.93. The van der Waals surface area contributed by atoms with Crippen molar-refractivity contribution in [2.24, 2.45) is 0 Å². The number of halogens is 1. The van der Waals surface area contributed by atoms with Gasteiger partial charge in [-0.05, 0) is 53.0 Å². The second-order valence-corrected chi connectivity index (χ2v) is 9.44. The molecule has 0 aliphatic rings. The van der Waals surface area contributed by atoms with E-state index in [1.54, 1.807) is 13.3 Å². The Labute approximate surface area is 175 Å². The van der Waals surface area contributed by atoms with Gasteiger partial charge in [-0.25, -0.2) is 9.97 Å². The zero-order valence-corrected chi connectivity index (χ0v) is 18.2. The second kappa shape index (κ2) is 8.68. The van der Waals surface area contributed by atoms with E-state index in [1.807, 2.05) is 28.8 Å². The lowest BCUT2D eigenvalue weighted by molar-refractivity contribution is 0.413. The molecule has 0 fully saturated rings. The zero-order valence-electron chi connectivity index (χ0n) is 15.0. The standard InChI is InChI=1S/C17H19BrN4O4S2/c1-26-11-4-5-12(18)14(10-11)27-17-21-15-13(6-7-20-16(15)19)22(17)8-2-3-9-28(23,24)25/h4-7,10H,2-3,8-9H2,1H3,(H2,19,20)(H,23,24,25). The summed E-state index contributed by atoms with van der Waals surface area (Å²) in [6.07, 6.45) is 2.51. The van der Waals surface area contributed by atoms with Gasteiger partial charge in [-0.3, -0.25) is 4.55 Å². The van der Waals surface area contributed by atoms with E-state index in [4.69, 9.17) is 15.0 Å². The van der Waals surface area contributed by atoms with Gasteiger partial charge in [0.2, 0.25) is 0 Å². The number of nitrogen functional groups attached to an aromatic ring is 1. The number of imidazole rings is 1. The monoisotopic (exact) mass is 486 g/mol. The first-order valence-corrected chi connectivity index (χ1v) is 11.6. The third-order valence-electron chi connectivity index (χ3n) is 4.03. The highest BCUT2D eigenvalue weighted by Crippen LogP contribution is 2.37. The average molecular weight is 487 g/mol. The van der Waals surface area contributed by atoms with Crippen LogP contribution in [0.1, 0.15) is 12.8 Å². The van der Waals surface area contributed by atoms with Crippen molar-refractivity contribution in [1.82, 2.24) is 14.5 Å². The Hall–Kier alpha value is -1.82. The first-order valence-electron chi connectivity index (χ1n) is 8.36. The highest BCUT2D eigenvalue weighted by Gasteiger charge is 2.16. The summed E-state index contributed by atoms with van der Waals surface area (Å²) in [5.41, 5.74) is 7.40. The second-order valence-electron chi connectivity index (χ2n) is 6.00. The molecule has 3 aromatic rings. The predicted molar refractivity (Wildman–Crippen MR) is 112 cm³/mol. The number of rotatable bonds is 8. The zero-order chi connectivity index (χ0) is 20.3. The van der Waals surface area contributed by atoms with Gasteiger partial charge in [0.25, 0.3) is 10.1 Å². The third kappa shape index (κ3) is 4.96. The molecule has 0 saturated heterocycles. The maximum atomic E-state index is 10.9. The van der Waals surface area contributed by atoms with Crippen molar-refractivity contribution in [2.75, 3.05) is 18.6 Å². The molecule has 11 heteroatoms. The lowest BCUT2D eigenvalue weighted by Crippen LogP contribution is -2.06. The van der Waals surface area contributed by atoms with Crippen molar-refractivity contribution in [3.8, 4) is 5.75 Å². The minimum atomic E-state index is -3.97. The van der Waals surface area contributed by atoms with Crippen LogP contribution < -0.4 is 10.5 Å². The van der Waals surface area contributed by atoms with Crippen LogP contribution in [0.2, 0.25) is 0 Å². The number of hydrogen-bond acceptors (Lipinski definition) is 7. The Morgan fingerprint density at radius 1 is 1.32 bits per heavy atom. The molecule has 0 aliphatic carbocycles. The molecule has 150 valence electrons. The summed E-state index contributed by atoms with van der Waals surface area (Å²) in [5, 5.41) is 0.704. The minimum Gasteiger partial charge on any atom is -0.497 e. The maximum absolute atomic E-state index is 10.9. The van der Waals surface area contributed by atoms with Crippen LogP contribution in [-0.4, -0.2) is 40.4 Å². The molecule has 0 saturated carbocycles. The van der Waals surface area contributed by atoms with Crippen LogP contribution in [0.4, 0.5) is 5.82 Å². The molecular weight excluding hydrogens is 468 g/mol. The number of ether oxygens (including phenoxy) is 1. The number of anilines is 1. The molecule has 0 unspecified atom stereocenters. The summed E-state index contributed by atoms with van der Waals surface area (Å²) in [5.74, 6) is 0.788. The van der Waals surface area contributed by atoms with Gasteiger partial charge >= 0.3 is 0 Å². The molecule has 3 rings (SSSR count). The molecule has 2 heterocycles. The summed E-state index contributed by atoms with van der Waals surface area (Å²) in [6.45, 7) is 0.527. The van der Waals surface area contributed by atoms with Crippen molar-refractivity contribution in [1.29, 1.82) is 0 Å². The van der Waals surface area contributed by atoms with E-state index in [2.05, 4.69) is 25.9 Å². The third-order valence-corrected chi connectivity index (χ3v) is 6.84. The van der Waals surface area contributed by atoms with E-state index < -0.39 is 10.1 Å². The molecule has 2 aromatic heterocycles. The Kier molecular flexibility index (Phi) is 6.48. The number of aryl methyl sites for hydroxylation is 1. The molecule has 0 amide bonds. The van der Waals surface area contributed by atoms with Crippen LogP contribution >= 0.6 is 27.7 Å².